The van der Waals surface area contributed by atoms with Crippen LogP contribution in [0, 0.1) is 0 Å². The summed E-state index contributed by atoms with van der Waals surface area (Å²) in [6.07, 6.45) is -4.96. The minimum Gasteiger partial charge on any atom is -0.386 e. The fourth-order valence-corrected chi connectivity index (χ4v) is 3.64. The third kappa shape index (κ3) is 4.44. The second-order valence-electron chi connectivity index (χ2n) is 6.20. The topological polar surface area (TPSA) is 43.8 Å². The lowest BCUT2D eigenvalue weighted by Crippen LogP contribution is -2.49. The van der Waals surface area contributed by atoms with Crippen molar-refractivity contribution in [3.8, 4) is 0 Å². The molecule has 0 radical (unpaired) electrons. The van der Waals surface area contributed by atoms with Crippen LogP contribution in [0.3, 0.4) is 0 Å². The summed E-state index contributed by atoms with van der Waals surface area (Å²) in [4.78, 5) is 17.1. The number of amides is 1. The zero-order valence-electron chi connectivity index (χ0n) is 13.9. The van der Waals surface area contributed by atoms with Gasteiger partial charge in [-0.1, -0.05) is 6.07 Å². The molecule has 1 aliphatic heterocycles. The van der Waals surface area contributed by atoms with Gasteiger partial charge >= 0.3 is 6.18 Å². The van der Waals surface area contributed by atoms with Crippen LogP contribution in [0.4, 0.5) is 13.2 Å². The second-order valence-corrected chi connectivity index (χ2v) is 7.18. The van der Waals surface area contributed by atoms with Crippen molar-refractivity contribution in [2.24, 2.45) is 0 Å². The van der Waals surface area contributed by atoms with Gasteiger partial charge in [0.1, 0.15) is 6.10 Å². The zero-order valence-corrected chi connectivity index (χ0v) is 14.8. The standard InChI is InChI=1S/C18H19F3N2O2S/c19-18(20,21)14-5-3-13(4-6-14)17(25)23-9-7-22(8-10-23)12-15(24)16-2-1-11-26-16/h1-6,11,15,24H,7-10,12H2. The molecule has 3 rings (SSSR count). The number of nitrogens with zero attached hydrogens (tertiary/aromatic N) is 2. The van der Waals surface area contributed by atoms with Crippen molar-refractivity contribution in [2.75, 3.05) is 32.7 Å². The predicted molar refractivity (Wildman–Crippen MR) is 93.1 cm³/mol. The van der Waals surface area contributed by atoms with E-state index < -0.39 is 17.8 Å². The van der Waals surface area contributed by atoms with E-state index in [0.29, 0.717) is 32.7 Å². The van der Waals surface area contributed by atoms with Crippen LogP contribution in [0.2, 0.25) is 0 Å². The van der Waals surface area contributed by atoms with Gasteiger partial charge in [-0.3, -0.25) is 9.69 Å². The number of carbonyl (C=O) groups excluding carboxylic acids is 1. The second kappa shape index (κ2) is 7.77. The molecule has 0 bridgehead atoms. The lowest BCUT2D eigenvalue weighted by molar-refractivity contribution is -0.137. The summed E-state index contributed by atoms with van der Waals surface area (Å²) < 4.78 is 37.8. The van der Waals surface area contributed by atoms with E-state index in [1.165, 1.54) is 23.5 Å². The highest BCUT2D eigenvalue weighted by Crippen LogP contribution is 2.29. The minimum atomic E-state index is -4.41. The molecule has 1 amide bonds. The molecule has 8 heteroatoms. The summed E-state index contributed by atoms with van der Waals surface area (Å²) in [6, 6.07) is 8.08. The number of benzene rings is 1. The van der Waals surface area contributed by atoms with Crippen molar-refractivity contribution in [1.82, 2.24) is 9.80 Å². The maximum absolute atomic E-state index is 12.6. The first kappa shape index (κ1) is 18.9. The molecule has 1 unspecified atom stereocenters. The van der Waals surface area contributed by atoms with Crippen LogP contribution in [0.25, 0.3) is 0 Å². The number of β-amino-alcohol motifs (C(OH)–C–C–N with tert-alkyl or cyclic N) is 1. The van der Waals surface area contributed by atoms with Crippen LogP contribution in [0.15, 0.2) is 41.8 Å². The predicted octanol–water partition coefficient (Wildman–Crippen LogP) is 3.26. The largest absolute Gasteiger partial charge is 0.416 e. The smallest absolute Gasteiger partial charge is 0.386 e. The summed E-state index contributed by atoms with van der Waals surface area (Å²) in [7, 11) is 0. The maximum atomic E-state index is 12.6. The third-order valence-electron chi connectivity index (χ3n) is 4.42. The maximum Gasteiger partial charge on any atom is 0.416 e. The Morgan fingerprint density at radius 1 is 1.12 bits per heavy atom. The number of hydrogen-bond donors (Lipinski definition) is 1. The van der Waals surface area contributed by atoms with E-state index in [4.69, 9.17) is 0 Å². The van der Waals surface area contributed by atoms with Crippen LogP contribution in [-0.2, 0) is 6.18 Å². The van der Waals surface area contributed by atoms with Gasteiger partial charge in [-0.15, -0.1) is 11.3 Å². The third-order valence-corrected chi connectivity index (χ3v) is 5.39. The molecule has 1 aromatic heterocycles. The fraction of sp³-hybridized carbons (Fsp3) is 0.389. The van der Waals surface area contributed by atoms with E-state index in [-0.39, 0.29) is 11.5 Å². The number of halogens is 3. The molecule has 26 heavy (non-hydrogen) atoms. The van der Waals surface area contributed by atoms with Crippen LogP contribution < -0.4 is 0 Å². The Morgan fingerprint density at radius 2 is 1.77 bits per heavy atom. The van der Waals surface area contributed by atoms with E-state index in [1.54, 1.807) is 4.90 Å². The number of thiophene rings is 1. The highest BCUT2D eigenvalue weighted by atomic mass is 32.1. The Bertz CT molecular complexity index is 724. The van der Waals surface area contributed by atoms with Crippen LogP contribution >= 0.6 is 11.3 Å². The Hall–Kier alpha value is -1.90. The summed E-state index contributed by atoms with van der Waals surface area (Å²) in [5, 5.41) is 12.1. The molecule has 0 saturated carbocycles. The highest BCUT2D eigenvalue weighted by molar-refractivity contribution is 7.10. The first-order valence-corrected chi connectivity index (χ1v) is 9.13. The number of aliphatic hydroxyl groups is 1. The first-order valence-electron chi connectivity index (χ1n) is 8.25. The summed E-state index contributed by atoms with van der Waals surface area (Å²) in [6.45, 7) is 2.71. The molecule has 1 N–H and O–H groups in total. The van der Waals surface area contributed by atoms with E-state index in [9.17, 15) is 23.1 Å². The van der Waals surface area contributed by atoms with Gasteiger partial charge in [0.05, 0.1) is 5.56 Å². The molecule has 2 heterocycles. The molecule has 0 aliphatic carbocycles. The minimum absolute atomic E-state index is 0.255. The first-order chi connectivity index (χ1) is 12.3. The van der Waals surface area contributed by atoms with Crippen LogP contribution in [0.1, 0.15) is 26.9 Å². The molecule has 2 aromatic rings. The molecule has 1 fully saturated rings. The molecule has 1 saturated heterocycles. The Balaban J connectivity index is 1.53. The number of alkyl halides is 3. The molecule has 0 spiro atoms. The zero-order chi connectivity index (χ0) is 18.7. The fourth-order valence-electron chi connectivity index (χ4n) is 2.93. The number of aliphatic hydroxyl groups excluding tert-OH is 1. The molecule has 4 nitrogen and oxygen atoms in total. The van der Waals surface area contributed by atoms with E-state index >= 15 is 0 Å². The van der Waals surface area contributed by atoms with Gasteiger partial charge in [0, 0.05) is 43.2 Å². The van der Waals surface area contributed by atoms with E-state index in [0.717, 1.165) is 17.0 Å². The summed E-state index contributed by atoms with van der Waals surface area (Å²) in [5.74, 6) is -0.267. The van der Waals surface area contributed by atoms with Gasteiger partial charge < -0.3 is 10.0 Å². The summed E-state index contributed by atoms with van der Waals surface area (Å²) >= 11 is 1.50. The number of piperazine rings is 1. The van der Waals surface area contributed by atoms with E-state index in [2.05, 4.69) is 4.90 Å². The Labute approximate surface area is 153 Å². The Morgan fingerprint density at radius 3 is 2.31 bits per heavy atom. The highest BCUT2D eigenvalue weighted by Gasteiger charge is 2.31. The van der Waals surface area contributed by atoms with Crippen molar-refractivity contribution in [3.63, 3.8) is 0 Å². The van der Waals surface area contributed by atoms with Gasteiger partial charge in [-0.2, -0.15) is 13.2 Å². The molecule has 1 aromatic carbocycles. The van der Waals surface area contributed by atoms with Crippen molar-refractivity contribution < 1.29 is 23.1 Å². The average molecular weight is 384 g/mol. The molecule has 1 aliphatic rings. The Kier molecular flexibility index (Phi) is 5.64. The summed E-state index contributed by atoms with van der Waals surface area (Å²) in [5.41, 5.74) is -0.508. The molecule has 1 atom stereocenters. The quantitative estimate of drug-likeness (QED) is 0.880. The average Bonchev–Trinajstić information content (AvgIpc) is 3.16. The lowest BCUT2D eigenvalue weighted by atomic mass is 10.1. The number of rotatable bonds is 4. The normalized spacial score (nSPS) is 17.3. The van der Waals surface area contributed by atoms with Gasteiger partial charge in [0.25, 0.3) is 5.91 Å². The van der Waals surface area contributed by atoms with Gasteiger partial charge in [-0.25, -0.2) is 0 Å². The molecular formula is C18H19F3N2O2S. The SMILES string of the molecule is O=C(c1ccc(C(F)(F)F)cc1)N1CCN(CC(O)c2cccs2)CC1. The molecule has 140 valence electrons. The van der Waals surface area contributed by atoms with Crippen molar-refractivity contribution in [3.05, 3.63) is 57.8 Å². The van der Waals surface area contributed by atoms with Crippen molar-refractivity contribution in [1.29, 1.82) is 0 Å². The van der Waals surface area contributed by atoms with Crippen molar-refractivity contribution in [2.45, 2.75) is 12.3 Å². The van der Waals surface area contributed by atoms with Crippen LogP contribution in [0.5, 0.6) is 0 Å². The van der Waals surface area contributed by atoms with E-state index in [1.807, 2.05) is 17.5 Å². The van der Waals surface area contributed by atoms with Gasteiger partial charge in [-0.05, 0) is 35.7 Å². The van der Waals surface area contributed by atoms with Crippen molar-refractivity contribution >= 4 is 17.2 Å². The van der Waals surface area contributed by atoms with Gasteiger partial charge in [0.15, 0.2) is 0 Å². The lowest BCUT2D eigenvalue weighted by Gasteiger charge is -2.35. The number of carbonyl (C=O) groups is 1. The monoisotopic (exact) mass is 384 g/mol. The molecular weight excluding hydrogens is 365 g/mol. The van der Waals surface area contributed by atoms with Gasteiger partial charge in [0.2, 0.25) is 0 Å². The van der Waals surface area contributed by atoms with Crippen LogP contribution in [-0.4, -0.2) is 53.5 Å². The number of hydrogen-bond acceptors (Lipinski definition) is 4.